The zero-order valence-corrected chi connectivity index (χ0v) is 12.3. The van der Waals surface area contributed by atoms with Gasteiger partial charge in [-0.3, -0.25) is 14.9 Å². The normalized spacial score (nSPS) is 21.5. The molecule has 1 atom stereocenters. The molecule has 1 aromatic rings. The van der Waals surface area contributed by atoms with E-state index in [0.717, 1.165) is 15.6 Å². The first-order chi connectivity index (χ1) is 8.86. The minimum atomic E-state index is -3.88. The molecule has 0 saturated carbocycles. The number of imide groups is 1. The van der Waals surface area contributed by atoms with Crippen molar-refractivity contribution in [2.75, 3.05) is 6.54 Å². The molecular weight excluding hydrogens is 312 g/mol. The number of nitrogens with zero attached hydrogens (tertiary/aromatic N) is 1. The smallest absolute Gasteiger partial charge is 0.253 e. The molecule has 0 radical (unpaired) electrons. The van der Waals surface area contributed by atoms with Crippen LogP contribution >= 0.6 is 22.9 Å². The Labute approximate surface area is 119 Å². The van der Waals surface area contributed by atoms with Gasteiger partial charge in [0.1, 0.15) is 10.3 Å². The van der Waals surface area contributed by atoms with Crippen LogP contribution in [0.1, 0.15) is 13.3 Å². The van der Waals surface area contributed by atoms with Crippen LogP contribution in [0, 0.1) is 0 Å². The number of hydrogen-bond donors (Lipinski definition) is 1. The van der Waals surface area contributed by atoms with Gasteiger partial charge in [-0.05, 0) is 18.6 Å². The van der Waals surface area contributed by atoms with Crippen molar-refractivity contribution in [3.05, 3.63) is 16.5 Å². The number of hydrogen-bond acceptors (Lipinski definition) is 5. The summed E-state index contributed by atoms with van der Waals surface area (Å²) >= 11 is 6.62. The number of nitrogens with one attached hydrogen (secondary N) is 1. The van der Waals surface area contributed by atoms with Gasteiger partial charge in [-0.2, -0.15) is 4.31 Å². The maximum absolute atomic E-state index is 12.4. The fourth-order valence-corrected chi connectivity index (χ4v) is 5.07. The molecule has 1 N–H and O–H groups in total. The van der Waals surface area contributed by atoms with Gasteiger partial charge in [0.15, 0.2) is 0 Å². The number of carbonyl (C=O) groups is 2. The molecule has 0 bridgehead atoms. The zero-order valence-electron chi connectivity index (χ0n) is 9.92. The SMILES string of the molecule is CCC1C(=O)NC(=O)CN1S(=O)(=O)c1ccc(Cl)s1. The molecule has 104 valence electrons. The molecule has 1 unspecified atom stereocenters. The van der Waals surface area contributed by atoms with Gasteiger partial charge < -0.3 is 0 Å². The van der Waals surface area contributed by atoms with Gasteiger partial charge in [-0.15, -0.1) is 11.3 Å². The first-order valence-electron chi connectivity index (χ1n) is 5.47. The molecule has 2 amide bonds. The molecule has 1 aliphatic heterocycles. The van der Waals surface area contributed by atoms with Crippen LogP contribution in [0.15, 0.2) is 16.3 Å². The van der Waals surface area contributed by atoms with Gasteiger partial charge in [0.05, 0.1) is 10.9 Å². The first kappa shape index (κ1) is 14.4. The Morgan fingerprint density at radius 3 is 2.68 bits per heavy atom. The van der Waals surface area contributed by atoms with Crippen molar-refractivity contribution in [1.82, 2.24) is 9.62 Å². The van der Waals surface area contributed by atoms with Crippen molar-refractivity contribution in [1.29, 1.82) is 0 Å². The molecule has 2 heterocycles. The number of rotatable bonds is 3. The molecule has 0 aromatic carbocycles. The van der Waals surface area contributed by atoms with Gasteiger partial charge in [-0.1, -0.05) is 18.5 Å². The lowest BCUT2D eigenvalue weighted by Gasteiger charge is -2.31. The molecule has 19 heavy (non-hydrogen) atoms. The largest absolute Gasteiger partial charge is 0.294 e. The summed E-state index contributed by atoms with van der Waals surface area (Å²) in [6.45, 7) is 1.33. The Morgan fingerprint density at radius 1 is 1.47 bits per heavy atom. The molecule has 0 aliphatic carbocycles. The number of halogens is 1. The average molecular weight is 323 g/mol. The highest BCUT2D eigenvalue weighted by Crippen LogP contribution is 2.30. The van der Waals surface area contributed by atoms with Gasteiger partial charge >= 0.3 is 0 Å². The molecule has 0 spiro atoms. The Morgan fingerprint density at radius 2 is 2.16 bits per heavy atom. The quantitative estimate of drug-likeness (QED) is 0.835. The van der Waals surface area contributed by atoms with Crippen molar-refractivity contribution >= 4 is 44.8 Å². The topological polar surface area (TPSA) is 83.6 Å². The van der Waals surface area contributed by atoms with Gasteiger partial charge in [0.2, 0.25) is 11.8 Å². The molecule has 1 aromatic heterocycles. The Balaban J connectivity index is 2.42. The monoisotopic (exact) mass is 322 g/mol. The van der Waals surface area contributed by atoms with E-state index in [4.69, 9.17) is 11.6 Å². The maximum Gasteiger partial charge on any atom is 0.253 e. The molecular formula is C10H11ClN2O4S2. The van der Waals surface area contributed by atoms with Gasteiger partial charge in [-0.25, -0.2) is 8.42 Å². The molecule has 9 heteroatoms. The third-order valence-electron chi connectivity index (χ3n) is 2.71. The lowest BCUT2D eigenvalue weighted by atomic mass is 10.2. The number of thiophene rings is 1. The summed E-state index contributed by atoms with van der Waals surface area (Å²) in [7, 11) is -3.88. The second-order valence-electron chi connectivity index (χ2n) is 3.95. The van der Waals surface area contributed by atoms with Gasteiger partial charge in [0.25, 0.3) is 10.0 Å². The lowest BCUT2D eigenvalue weighted by Crippen LogP contribution is -2.59. The van der Waals surface area contributed by atoms with Crippen LogP contribution in [0.5, 0.6) is 0 Å². The Kier molecular flexibility index (Phi) is 3.95. The van der Waals surface area contributed by atoms with Crippen molar-refractivity contribution in [2.45, 2.75) is 23.6 Å². The highest BCUT2D eigenvalue weighted by atomic mass is 35.5. The van der Waals surface area contributed by atoms with E-state index < -0.39 is 27.9 Å². The number of amides is 2. The van der Waals surface area contributed by atoms with E-state index >= 15 is 0 Å². The summed E-state index contributed by atoms with van der Waals surface area (Å²) in [4.78, 5) is 23.0. The van der Waals surface area contributed by atoms with Crippen LogP contribution < -0.4 is 5.32 Å². The predicted molar refractivity (Wildman–Crippen MR) is 70.4 cm³/mol. The highest BCUT2D eigenvalue weighted by molar-refractivity contribution is 7.91. The average Bonchev–Trinajstić information content (AvgIpc) is 2.75. The number of piperazine rings is 1. The van der Waals surface area contributed by atoms with E-state index in [-0.39, 0.29) is 17.2 Å². The third kappa shape index (κ3) is 2.66. The van der Waals surface area contributed by atoms with E-state index in [1.165, 1.54) is 12.1 Å². The molecule has 1 aliphatic rings. The Bertz CT molecular complexity index is 625. The van der Waals surface area contributed by atoms with E-state index in [2.05, 4.69) is 5.32 Å². The standard InChI is InChI=1S/C10H11ClN2O4S2/c1-2-6-10(15)12-8(14)5-13(6)19(16,17)9-4-3-7(11)18-9/h3-4,6H,2,5H2,1H3,(H,12,14,15). The fraction of sp³-hybridized carbons (Fsp3) is 0.400. The number of carbonyl (C=O) groups excluding carboxylic acids is 2. The maximum atomic E-state index is 12.4. The molecule has 2 rings (SSSR count). The van der Waals surface area contributed by atoms with E-state index in [1.54, 1.807) is 6.92 Å². The second kappa shape index (κ2) is 5.20. The summed E-state index contributed by atoms with van der Waals surface area (Å²) in [6.07, 6.45) is 0.289. The van der Waals surface area contributed by atoms with Crippen molar-refractivity contribution in [3.8, 4) is 0 Å². The van der Waals surface area contributed by atoms with Crippen LogP contribution in [0.2, 0.25) is 4.34 Å². The van der Waals surface area contributed by atoms with Crippen LogP contribution in [-0.4, -0.2) is 37.1 Å². The summed E-state index contributed by atoms with van der Waals surface area (Å²) < 4.78 is 26.1. The van der Waals surface area contributed by atoms with Crippen LogP contribution in [0.3, 0.4) is 0 Å². The van der Waals surface area contributed by atoms with Crippen molar-refractivity contribution < 1.29 is 18.0 Å². The zero-order chi connectivity index (χ0) is 14.2. The first-order valence-corrected chi connectivity index (χ1v) is 8.10. The minimum Gasteiger partial charge on any atom is -0.294 e. The summed E-state index contributed by atoms with van der Waals surface area (Å²) in [5, 5.41) is 2.13. The molecule has 6 nitrogen and oxygen atoms in total. The summed E-state index contributed by atoms with van der Waals surface area (Å²) in [5.41, 5.74) is 0. The lowest BCUT2D eigenvalue weighted by molar-refractivity contribution is -0.137. The minimum absolute atomic E-state index is 0.0263. The van der Waals surface area contributed by atoms with Crippen LogP contribution in [0.4, 0.5) is 0 Å². The van der Waals surface area contributed by atoms with Crippen molar-refractivity contribution in [2.24, 2.45) is 0 Å². The molecule has 1 fully saturated rings. The van der Waals surface area contributed by atoms with E-state index in [9.17, 15) is 18.0 Å². The second-order valence-corrected chi connectivity index (χ2v) is 7.78. The summed E-state index contributed by atoms with van der Waals surface area (Å²) in [6, 6.07) is 1.96. The molecule has 1 saturated heterocycles. The van der Waals surface area contributed by atoms with Gasteiger partial charge in [0, 0.05) is 0 Å². The highest BCUT2D eigenvalue weighted by Gasteiger charge is 2.41. The van der Waals surface area contributed by atoms with E-state index in [0.29, 0.717) is 4.34 Å². The van der Waals surface area contributed by atoms with Crippen LogP contribution in [0.25, 0.3) is 0 Å². The van der Waals surface area contributed by atoms with Crippen LogP contribution in [-0.2, 0) is 19.6 Å². The fourth-order valence-electron chi connectivity index (χ4n) is 1.84. The third-order valence-corrected chi connectivity index (χ3v) is 6.26. The van der Waals surface area contributed by atoms with E-state index in [1.807, 2.05) is 0 Å². The summed E-state index contributed by atoms with van der Waals surface area (Å²) in [5.74, 6) is -1.22. The number of sulfonamides is 1. The predicted octanol–water partition coefficient (Wildman–Crippen LogP) is 0.827. The Hall–Kier alpha value is -0.960. The van der Waals surface area contributed by atoms with Crippen molar-refractivity contribution in [3.63, 3.8) is 0 Å².